The maximum atomic E-state index is 12.1. The second-order valence-electron chi connectivity index (χ2n) is 3.99. The lowest BCUT2D eigenvalue weighted by molar-refractivity contribution is 0.251. The van der Waals surface area contributed by atoms with Crippen LogP contribution in [0.2, 0.25) is 0 Å². The number of hydrogen-bond acceptors (Lipinski definition) is 4. The molecule has 0 saturated carbocycles. The topological polar surface area (TPSA) is 25.2 Å². The third-order valence-corrected chi connectivity index (χ3v) is 4.13. The molecule has 0 unspecified atom stereocenters. The quantitative estimate of drug-likeness (QED) is 0.721. The van der Waals surface area contributed by atoms with Crippen molar-refractivity contribution >= 4 is 29.2 Å². The van der Waals surface area contributed by atoms with Crippen LogP contribution in [0, 0.1) is 0 Å². The van der Waals surface area contributed by atoms with Crippen LogP contribution in [0.4, 0.5) is 14.5 Å². The number of anilines is 1. The second kappa shape index (κ2) is 7.59. The van der Waals surface area contributed by atoms with Crippen molar-refractivity contribution in [3.63, 3.8) is 0 Å². The number of alkyl halides is 2. The Labute approximate surface area is 125 Å². The number of para-hydroxylation sites is 1. The van der Waals surface area contributed by atoms with Crippen LogP contribution in [-0.4, -0.2) is 12.0 Å². The molecule has 0 radical (unpaired) electrons. The molecule has 0 bridgehead atoms. The third kappa shape index (κ3) is 4.45. The minimum Gasteiger partial charge on any atom is -0.463 e. The lowest BCUT2D eigenvalue weighted by Crippen LogP contribution is -1.99. The Hall–Kier alpha value is -1.14. The number of thioether (sulfide) groups is 2. The fraction of sp³-hybridized carbons (Fsp3) is 0.286. The van der Waals surface area contributed by atoms with Crippen LogP contribution in [0.25, 0.3) is 0 Å². The summed E-state index contributed by atoms with van der Waals surface area (Å²) < 4.78 is 29.7. The summed E-state index contributed by atoms with van der Waals surface area (Å²) >= 11 is 2.23. The average molecular weight is 315 g/mol. The van der Waals surface area contributed by atoms with Gasteiger partial charge in [-0.2, -0.15) is 8.78 Å². The van der Waals surface area contributed by atoms with E-state index in [1.165, 1.54) is 0 Å². The molecule has 0 aliphatic carbocycles. The summed E-state index contributed by atoms with van der Waals surface area (Å²) in [6.07, 6.45) is 2.02. The molecular formula is C14H15F2NOS2. The van der Waals surface area contributed by atoms with E-state index in [1.54, 1.807) is 17.8 Å². The molecule has 0 aliphatic heterocycles. The van der Waals surface area contributed by atoms with Gasteiger partial charge in [0.2, 0.25) is 0 Å². The molecule has 2 nitrogen and oxygen atoms in total. The van der Waals surface area contributed by atoms with Gasteiger partial charge in [-0.1, -0.05) is 23.9 Å². The highest BCUT2D eigenvalue weighted by atomic mass is 32.2. The standard InChI is InChI=1S/C14H15F2NOS2/c1-19-13-5-3-2-4-12(13)17-8-10-6-7-11(18-10)9-20-14(15)16/h2-7,14,17H,8-9H2,1H3. The van der Waals surface area contributed by atoms with Crippen LogP contribution in [0.1, 0.15) is 11.5 Å². The zero-order chi connectivity index (χ0) is 14.4. The van der Waals surface area contributed by atoms with Gasteiger partial charge in [0.25, 0.3) is 5.76 Å². The van der Waals surface area contributed by atoms with Crippen LogP contribution < -0.4 is 5.32 Å². The van der Waals surface area contributed by atoms with Crippen molar-refractivity contribution in [2.24, 2.45) is 0 Å². The Bertz CT molecular complexity index is 545. The van der Waals surface area contributed by atoms with Gasteiger partial charge in [0.05, 0.1) is 12.3 Å². The maximum Gasteiger partial charge on any atom is 0.284 e. The van der Waals surface area contributed by atoms with Gasteiger partial charge in [-0.05, 0) is 30.5 Å². The largest absolute Gasteiger partial charge is 0.463 e. The van der Waals surface area contributed by atoms with Crippen molar-refractivity contribution in [1.82, 2.24) is 0 Å². The van der Waals surface area contributed by atoms with Crippen molar-refractivity contribution in [3.8, 4) is 0 Å². The van der Waals surface area contributed by atoms with Gasteiger partial charge in [0, 0.05) is 10.6 Å². The number of furan rings is 1. The number of nitrogens with one attached hydrogen (secondary N) is 1. The van der Waals surface area contributed by atoms with Crippen LogP contribution in [0.15, 0.2) is 45.7 Å². The average Bonchev–Trinajstić information content (AvgIpc) is 2.91. The number of halogens is 2. The number of benzene rings is 1. The molecule has 0 saturated heterocycles. The summed E-state index contributed by atoms with van der Waals surface area (Å²) in [5.74, 6) is -0.856. The first kappa shape index (κ1) is 15.3. The Morgan fingerprint density at radius 1 is 1.15 bits per heavy atom. The van der Waals surface area contributed by atoms with Crippen LogP contribution in [0.3, 0.4) is 0 Å². The normalized spacial score (nSPS) is 11.0. The summed E-state index contributed by atoms with van der Waals surface area (Å²) in [6, 6.07) is 11.6. The molecular weight excluding hydrogens is 300 g/mol. The van der Waals surface area contributed by atoms with Gasteiger partial charge in [0.1, 0.15) is 11.5 Å². The minimum absolute atomic E-state index is 0.194. The first-order chi connectivity index (χ1) is 9.69. The van der Waals surface area contributed by atoms with E-state index in [9.17, 15) is 8.78 Å². The number of rotatable bonds is 7. The summed E-state index contributed by atoms with van der Waals surface area (Å²) in [7, 11) is 0. The van der Waals surface area contributed by atoms with Crippen LogP contribution in [0.5, 0.6) is 0 Å². The highest BCUT2D eigenvalue weighted by molar-refractivity contribution is 7.99. The fourth-order valence-corrected chi connectivity index (χ4v) is 2.73. The Morgan fingerprint density at radius 2 is 1.90 bits per heavy atom. The van der Waals surface area contributed by atoms with Gasteiger partial charge in [-0.25, -0.2) is 0 Å². The molecule has 1 heterocycles. The lowest BCUT2D eigenvalue weighted by atomic mass is 10.3. The van der Waals surface area contributed by atoms with Crippen molar-refractivity contribution in [3.05, 3.63) is 47.9 Å². The van der Waals surface area contributed by atoms with Crippen molar-refractivity contribution < 1.29 is 13.2 Å². The molecule has 6 heteroatoms. The maximum absolute atomic E-state index is 12.1. The van der Waals surface area contributed by atoms with Crippen LogP contribution >= 0.6 is 23.5 Å². The van der Waals surface area contributed by atoms with E-state index in [2.05, 4.69) is 5.32 Å². The van der Waals surface area contributed by atoms with Gasteiger partial charge in [-0.3, -0.25) is 0 Å². The van der Waals surface area contributed by atoms with E-state index in [4.69, 9.17) is 4.42 Å². The number of hydrogen-bond donors (Lipinski definition) is 1. The Balaban J connectivity index is 1.91. The molecule has 2 aromatic rings. The zero-order valence-corrected chi connectivity index (χ0v) is 12.6. The van der Waals surface area contributed by atoms with Crippen molar-refractivity contribution in [2.75, 3.05) is 11.6 Å². The van der Waals surface area contributed by atoms with Crippen molar-refractivity contribution in [2.45, 2.75) is 23.0 Å². The summed E-state index contributed by atoms with van der Waals surface area (Å²) in [5.41, 5.74) is 1.04. The summed E-state index contributed by atoms with van der Waals surface area (Å²) in [5, 5.41) is 3.29. The molecule has 0 amide bonds. The first-order valence-corrected chi connectivity index (χ1v) is 8.30. The molecule has 1 aromatic carbocycles. The SMILES string of the molecule is CSc1ccccc1NCc1ccc(CSC(F)F)o1. The van der Waals surface area contributed by atoms with E-state index >= 15 is 0 Å². The predicted molar refractivity (Wildman–Crippen MR) is 81.6 cm³/mol. The highest BCUT2D eigenvalue weighted by Gasteiger charge is 2.07. The van der Waals surface area contributed by atoms with Gasteiger partial charge < -0.3 is 9.73 Å². The molecule has 0 spiro atoms. The monoisotopic (exact) mass is 315 g/mol. The van der Waals surface area contributed by atoms with Crippen molar-refractivity contribution in [1.29, 1.82) is 0 Å². The zero-order valence-electron chi connectivity index (χ0n) is 10.9. The molecule has 0 fully saturated rings. The third-order valence-electron chi connectivity index (χ3n) is 2.63. The minimum atomic E-state index is -2.37. The molecule has 0 aliphatic rings. The summed E-state index contributed by atoms with van der Waals surface area (Å²) in [6.45, 7) is 0.539. The predicted octanol–water partition coefficient (Wildman–Crippen LogP) is 5.07. The van der Waals surface area contributed by atoms with E-state index < -0.39 is 5.76 Å². The molecule has 0 atom stereocenters. The molecule has 2 rings (SSSR count). The van der Waals surface area contributed by atoms with E-state index in [-0.39, 0.29) is 5.75 Å². The Kier molecular flexibility index (Phi) is 5.79. The molecule has 1 aromatic heterocycles. The first-order valence-electron chi connectivity index (χ1n) is 6.03. The van der Waals surface area contributed by atoms with Crippen LogP contribution in [-0.2, 0) is 12.3 Å². The summed E-state index contributed by atoms with van der Waals surface area (Å²) in [4.78, 5) is 1.16. The van der Waals surface area contributed by atoms with E-state index in [0.717, 1.165) is 16.3 Å². The lowest BCUT2D eigenvalue weighted by Gasteiger charge is -2.08. The highest BCUT2D eigenvalue weighted by Crippen LogP contribution is 2.26. The van der Waals surface area contributed by atoms with Gasteiger partial charge in [-0.15, -0.1) is 11.8 Å². The smallest absolute Gasteiger partial charge is 0.284 e. The van der Waals surface area contributed by atoms with Gasteiger partial charge in [0.15, 0.2) is 0 Å². The van der Waals surface area contributed by atoms with Gasteiger partial charge >= 0.3 is 0 Å². The second-order valence-corrected chi connectivity index (χ2v) is 5.82. The molecule has 20 heavy (non-hydrogen) atoms. The van der Waals surface area contributed by atoms with E-state index in [1.807, 2.05) is 36.6 Å². The Morgan fingerprint density at radius 3 is 2.65 bits per heavy atom. The molecule has 1 N–H and O–H groups in total. The van der Waals surface area contributed by atoms with E-state index in [0.29, 0.717) is 24.1 Å². The molecule has 108 valence electrons. The fourth-order valence-electron chi connectivity index (χ4n) is 1.71.